The Morgan fingerprint density at radius 1 is 1.00 bits per heavy atom. The molecule has 0 saturated carbocycles. The van der Waals surface area contributed by atoms with Crippen molar-refractivity contribution in [3.63, 3.8) is 0 Å². The molecule has 1 aromatic heterocycles. The van der Waals surface area contributed by atoms with Gasteiger partial charge in [0, 0.05) is 23.3 Å². The Labute approximate surface area is 155 Å². The highest BCUT2D eigenvalue weighted by Crippen LogP contribution is 2.33. The number of nitrogens with zero attached hydrogens (tertiary/aromatic N) is 3. The summed E-state index contributed by atoms with van der Waals surface area (Å²) in [5, 5.41) is 15.0. The molecule has 26 heavy (non-hydrogen) atoms. The van der Waals surface area contributed by atoms with Crippen LogP contribution in [0.3, 0.4) is 0 Å². The number of aromatic nitrogens is 3. The van der Waals surface area contributed by atoms with Crippen LogP contribution < -0.4 is 20.1 Å². The van der Waals surface area contributed by atoms with E-state index in [1.165, 1.54) is 0 Å². The van der Waals surface area contributed by atoms with Gasteiger partial charge in [-0.05, 0) is 29.8 Å². The van der Waals surface area contributed by atoms with Gasteiger partial charge < -0.3 is 20.1 Å². The van der Waals surface area contributed by atoms with Crippen LogP contribution in [0.15, 0.2) is 48.7 Å². The molecule has 132 valence electrons. The average molecular weight is 370 g/mol. The van der Waals surface area contributed by atoms with Gasteiger partial charge in [0.25, 0.3) is 0 Å². The molecular weight excluding hydrogens is 354 g/mol. The number of hydrogen-bond donors (Lipinski definition) is 2. The molecule has 2 N–H and O–H groups in total. The van der Waals surface area contributed by atoms with Crippen LogP contribution in [0.5, 0.6) is 11.5 Å². The Morgan fingerprint density at radius 2 is 1.81 bits per heavy atom. The Morgan fingerprint density at radius 3 is 2.65 bits per heavy atom. The summed E-state index contributed by atoms with van der Waals surface area (Å²) < 4.78 is 11.1. The van der Waals surface area contributed by atoms with E-state index in [4.69, 9.17) is 21.1 Å². The first-order valence-electron chi connectivity index (χ1n) is 8.11. The lowest BCUT2D eigenvalue weighted by atomic mass is 10.2. The summed E-state index contributed by atoms with van der Waals surface area (Å²) in [5.41, 5.74) is 1.90. The summed E-state index contributed by atoms with van der Waals surface area (Å²) in [5.74, 6) is 2.47. The third-order valence-corrected chi connectivity index (χ3v) is 3.99. The van der Waals surface area contributed by atoms with E-state index in [0.29, 0.717) is 42.3 Å². The second-order valence-corrected chi connectivity index (χ2v) is 6.07. The fourth-order valence-corrected chi connectivity index (χ4v) is 2.62. The van der Waals surface area contributed by atoms with Crippen LogP contribution in [0.1, 0.15) is 5.56 Å². The van der Waals surface area contributed by atoms with Gasteiger partial charge in [0.05, 0.1) is 6.20 Å². The maximum Gasteiger partial charge on any atom is 0.244 e. The molecule has 7 nitrogen and oxygen atoms in total. The molecule has 4 rings (SSSR count). The molecule has 2 aromatic carbocycles. The van der Waals surface area contributed by atoms with E-state index >= 15 is 0 Å². The number of fused-ring (bicyclic) bond motifs is 1. The zero-order chi connectivity index (χ0) is 17.8. The Kier molecular flexibility index (Phi) is 4.70. The molecule has 0 spiro atoms. The van der Waals surface area contributed by atoms with E-state index in [2.05, 4.69) is 25.8 Å². The van der Waals surface area contributed by atoms with Gasteiger partial charge in [-0.25, -0.2) is 0 Å². The number of hydrogen-bond acceptors (Lipinski definition) is 7. The van der Waals surface area contributed by atoms with Gasteiger partial charge in [0.2, 0.25) is 5.95 Å². The number of nitrogens with one attached hydrogen (secondary N) is 2. The third-order valence-electron chi connectivity index (χ3n) is 3.74. The van der Waals surface area contributed by atoms with Crippen molar-refractivity contribution >= 4 is 29.1 Å². The Bertz CT molecular complexity index is 904. The summed E-state index contributed by atoms with van der Waals surface area (Å²) in [6, 6.07) is 13.2. The monoisotopic (exact) mass is 369 g/mol. The average Bonchev–Trinajstić information content (AvgIpc) is 2.68. The highest BCUT2D eigenvalue weighted by atomic mass is 35.5. The zero-order valence-electron chi connectivity index (χ0n) is 13.8. The predicted molar refractivity (Wildman–Crippen MR) is 99.3 cm³/mol. The van der Waals surface area contributed by atoms with Crippen molar-refractivity contribution in [3.05, 3.63) is 59.2 Å². The minimum absolute atomic E-state index is 0.433. The van der Waals surface area contributed by atoms with E-state index in [1.807, 2.05) is 42.5 Å². The van der Waals surface area contributed by atoms with Crippen molar-refractivity contribution in [1.29, 1.82) is 0 Å². The summed E-state index contributed by atoms with van der Waals surface area (Å²) in [6.07, 6.45) is 1.56. The van der Waals surface area contributed by atoms with Crippen LogP contribution >= 0.6 is 11.6 Å². The first kappa shape index (κ1) is 16.4. The smallest absolute Gasteiger partial charge is 0.244 e. The molecule has 0 aliphatic carbocycles. The highest BCUT2D eigenvalue weighted by molar-refractivity contribution is 6.30. The number of rotatable bonds is 5. The van der Waals surface area contributed by atoms with Gasteiger partial charge in [-0.3, -0.25) is 0 Å². The molecule has 0 amide bonds. The molecule has 0 atom stereocenters. The van der Waals surface area contributed by atoms with Crippen LogP contribution in [-0.4, -0.2) is 28.4 Å². The van der Waals surface area contributed by atoms with Crippen molar-refractivity contribution in [2.75, 3.05) is 23.8 Å². The summed E-state index contributed by atoms with van der Waals surface area (Å²) >= 11 is 5.89. The van der Waals surface area contributed by atoms with Gasteiger partial charge >= 0.3 is 0 Å². The van der Waals surface area contributed by atoms with Crippen LogP contribution in [0.4, 0.5) is 17.5 Å². The molecule has 0 unspecified atom stereocenters. The largest absolute Gasteiger partial charge is 0.486 e. The van der Waals surface area contributed by atoms with Crippen LogP contribution in [0.25, 0.3) is 0 Å². The normalized spacial score (nSPS) is 12.5. The van der Waals surface area contributed by atoms with Crippen molar-refractivity contribution in [1.82, 2.24) is 15.2 Å². The topological polar surface area (TPSA) is 81.2 Å². The van der Waals surface area contributed by atoms with Gasteiger partial charge in [0.15, 0.2) is 17.3 Å². The third kappa shape index (κ3) is 3.94. The molecule has 2 heterocycles. The lowest BCUT2D eigenvalue weighted by Crippen LogP contribution is -2.15. The molecule has 3 aromatic rings. The number of ether oxygens (including phenoxy) is 2. The minimum atomic E-state index is 0.433. The lowest BCUT2D eigenvalue weighted by molar-refractivity contribution is 0.171. The standard InChI is InChI=1S/C18H16ClN5O2/c19-13-3-1-12(2-4-13)10-20-18-23-17(11-21-24-18)22-14-5-6-15-16(9-14)26-8-7-25-15/h1-6,9,11H,7-8,10H2,(H2,20,22,23,24). The Balaban J connectivity index is 1.43. The molecule has 0 fully saturated rings. The quantitative estimate of drug-likeness (QED) is 0.710. The van der Waals surface area contributed by atoms with Crippen molar-refractivity contribution in [2.45, 2.75) is 6.54 Å². The molecule has 0 saturated heterocycles. The molecule has 1 aliphatic heterocycles. The molecular formula is C18H16ClN5O2. The summed E-state index contributed by atoms with van der Waals surface area (Å²) in [7, 11) is 0. The maximum atomic E-state index is 5.89. The lowest BCUT2D eigenvalue weighted by Gasteiger charge is -2.19. The van der Waals surface area contributed by atoms with E-state index in [-0.39, 0.29) is 0 Å². The number of benzene rings is 2. The molecule has 8 heteroatoms. The Hall–Kier alpha value is -3.06. The second kappa shape index (κ2) is 7.45. The molecule has 0 bridgehead atoms. The first-order chi connectivity index (χ1) is 12.8. The molecule has 1 aliphatic rings. The van der Waals surface area contributed by atoms with Crippen molar-refractivity contribution < 1.29 is 9.47 Å². The highest BCUT2D eigenvalue weighted by Gasteiger charge is 2.12. The van der Waals surface area contributed by atoms with Gasteiger partial charge in [0.1, 0.15) is 13.2 Å². The van der Waals surface area contributed by atoms with Gasteiger partial charge in [-0.1, -0.05) is 23.7 Å². The zero-order valence-corrected chi connectivity index (χ0v) is 14.5. The van der Waals surface area contributed by atoms with Crippen LogP contribution in [-0.2, 0) is 6.54 Å². The number of halogens is 1. The van der Waals surface area contributed by atoms with E-state index in [1.54, 1.807) is 6.20 Å². The van der Waals surface area contributed by atoms with Gasteiger partial charge in [-0.2, -0.15) is 10.1 Å². The van der Waals surface area contributed by atoms with Crippen molar-refractivity contribution in [2.24, 2.45) is 0 Å². The van der Waals surface area contributed by atoms with Crippen LogP contribution in [0, 0.1) is 0 Å². The van der Waals surface area contributed by atoms with E-state index < -0.39 is 0 Å². The summed E-state index contributed by atoms with van der Waals surface area (Å²) in [4.78, 5) is 4.42. The minimum Gasteiger partial charge on any atom is -0.486 e. The predicted octanol–water partition coefficient (Wildman–Crippen LogP) is 3.65. The SMILES string of the molecule is Clc1ccc(CNc2nncc(Nc3ccc4c(c3)OCCO4)n2)cc1. The van der Waals surface area contributed by atoms with Gasteiger partial charge in [-0.15, -0.1) is 5.10 Å². The molecule has 0 radical (unpaired) electrons. The fourth-order valence-electron chi connectivity index (χ4n) is 2.49. The first-order valence-corrected chi connectivity index (χ1v) is 8.49. The van der Waals surface area contributed by atoms with Crippen molar-refractivity contribution in [3.8, 4) is 11.5 Å². The maximum absolute atomic E-state index is 5.89. The second-order valence-electron chi connectivity index (χ2n) is 5.63. The summed E-state index contributed by atoms with van der Waals surface area (Å²) in [6.45, 7) is 1.69. The van der Waals surface area contributed by atoms with E-state index in [0.717, 1.165) is 17.0 Å². The van der Waals surface area contributed by atoms with Crippen LogP contribution in [0.2, 0.25) is 5.02 Å². The fraction of sp³-hybridized carbons (Fsp3) is 0.167. The van der Waals surface area contributed by atoms with E-state index in [9.17, 15) is 0 Å². The number of anilines is 3.